The highest BCUT2D eigenvalue weighted by molar-refractivity contribution is 6.40. The number of carboxylic acid groups (broad SMARTS) is 2. The molecule has 80 heavy (non-hydrogen) atoms. The minimum absolute atomic E-state index is 0.194. The lowest BCUT2D eigenvalue weighted by molar-refractivity contribution is -0.192. The summed E-state index contributed by atoms with van der Waals surface area (Å²) in [4.78, 5) is 59.2. The first-order chi connectivity index (χ1) is 38.1. The Morgan fingerprint density at radius 1 is 0.575 bits per heavy atom. The van der Waals surface area contributed by atoms with E-state index >= 15 is 0 Å². The number of aromatic carboxylic acids is 1. The van der Waals surface area contributed by atoms with E-state index in [1.807, 2.05) is 81.5 Å². The van der Waals surface area contributed by atoms with Crippen LogP contribution in [0.2, 0.25) is 0 Å². The molecular formula is C61H65Cl2F3N2O12. The van der Waals surface area contributed by atoms with Crippen LogP contribution < -0.4 is 9.47 Å². The molecule has 0 spiro atoms. The van der Waals surface area contributed by atoms with E-state index in [4.69, 9.17) is 56.8 Å². The topological polar surface area (TPSA) is 182 Å². The lowest BCUT2D eigenvalue weighted by Gasteiger charge is -2.24. The summed E-state index contributed by atoms with van der Waals surface area (Å²) in [5.41, 5.74) is 11.6. The minimum atomic E-state index is -5.08. The van der Waals surface area contributed by atoms with Crippen molar-refractivity contribution in [3.05, 3.63) is 117 Å². The molecule has 4 aromatic carbocycles. The van der Waals surface area contributed by atoms with Crippen LogP contribution >= 0.6 is 23.2 Å². The zero-order valence-corrected chi connectivity index (χ0v) is 47.2. The number of rotatable bonds is 8. The third-order valence-electron chi connectivity index (χ3n) is 14.6. The number of nitrogens with zero attached hydrogens (tertiary/aromatic N) is 2. The van der Waals surface area contributed by atoms with E-state index in [2.05, 4.69) is 21.3 Å². The number of methoxy groups -OCH3 is 4. The molecule has 2 saturated carbocycles. The molecule has 0 bridgehead atoms. The van der Waals surface area contributed by atoms with Crippen LogP contribution in [0.3, 0.4) is 0 Å². The van der Waals surface area contributed by atoms with E-state index in [0.29, 0.717) is 47.4 Å². The second-order valence-corrected chi connectivity index (χ2v) is 21.6. The van der Waals surface area contributed by atoms with Crippen LogP contribution in [0.4, 0.5) is 13.2 Å². The Morgan fingerprint density at radius 3 is 1.31 bits per heavy atom. The molecule has 4 heterocycles. The molecular weight excluding hydrogens is 1080 g/mol. The van der Waals surface area contributed by atoms with Gasteiger partial charge in [-0.2, -0.15) is 13.2 Å². The Labute approximate surface area is 472 Å². The third-order valence-corrected chi connectivity index (χ3v) is 14.6. The molecule has 0 unspecified atom stereocenters. The minimum Gasteiger partial charge on any atom is -0.497 e. The summed E-state index contributed by atoms with van der Waals surface area (Å²) in [6, 6.07) is 23.1. The van der Waals surface area contributed by atoms with Gasteiger partial charge >= 0.3 is 36.0 Å². The van der Waals surface area contributed by atoms with Gasteiger partial charge in [0.2, 0.25) is 0 Å². The lowest BCUT2D eigenvalue weighted by Crippen LogP contribution is -2.23. The number of carbonyl (C=O) groups is 5. The maximum absolute atomic E-state index is 13.0. The van der Waals surface area contributed by atoms with Crippen molar-refractivity contribution >= 4 is 87.0 Å². The number of hydrogen-bond acceptors (Lipinski definition) is 10. The number of ether oxygens (including phenoxy) is 5. The summed E-state index contributed by atoms with van der Waals surface area (Å²) in [6.45, 7) is 6.26. The van der Waals surface area contributed by atoms with Crippen LogP contribution in [0.1, 0.15) is 140 Å². The molecule has 6 aromatic rings. The predicted octanol–water partition coefficient (Wildman–Crippen LogP) is 14.6. The fourth-order valence-electron chi connectivity index (χ4n) is 11.2. The van der Waals surface area contributed by atoms with Crippen molar-refractivity contribution in [2.45, 2.75) is 122 Å². The van der Waals surface area contributed by atoms with Gasteiger partial charge in [0.25, 0.3) is 0 Å². The fraction of sp³-hybridized carbons (Fsp3) is 0.393. The molecule has 2 aromatic heterocycles. The van der Waals surface area contributed by atoms with Crippen molar-refractivity contribution in [3.63, 3.8) is 0 Å². The molecule has 2 aliphatic carbocycles. The Morgan fingerprint density at radius 2 is 0.963 bits per heavy atom. The first-order valence-electron chi connectivity index (χ1n) is 26.2. The molecule has 14 nitrogen and oxygen atoms in total. The molecule has 2 fully saturated rings. The summed E-state index contributed by atoms with van der Waals surface area (Å²) in [7, 11) is 6.06. The molecule has 426 valence electrons. The van der Waals surface area contributed by atoms with Crippen LogP contribution in [-0.2, 0) is 41.7 Å². The van der Waals surface area contributed by atoms with Crippen molar-refractivity contribution in [2.24, 2.45) is 0 Å². The summed E-state index contributed by atoms with van der Waals surface area (Å²) < 4.78 is 62.9. The number of alkyl halides is 5. The average molecular weight is 1150 g/mol. The number of aromatic nitrogens is 2. The second-order valence-electron chi connectivity index (χ2n) is 20.8. The van der Waals surface area contributed by atoms with Crippen molar-refractivity contribution < 1.29 is 71.0 Å². The molecule has 2 N–H and O–H groups in total. The van der Waals surface area contributed by atoms with Gasteiger partial charge in [0.1, 0.15) is 17.1 Å². The largest absolute Gasteiger partial charge is 0.497 e. The van der Waals surface area contributed by atoms with Crippen LogP contribution in [-0.4, -0.2) is 94.7 Å². The molecule has 2 aliphatic heterocycles. The molecule has 10 rings (SSSR count). The van der Waals surface area contributed by atoms with Crippen molar-refractivity contribution in [2.75, 3.05) is 33.8 Å². The number of halogens is 5. The quantitative estimate of drug-likeness (QED) is 0.0837. The number of fused-ring (bicyclic) bond motifs is 10. The van der Waals surface area contributed by atoms with Gasteiger partial charge in [0.05, 0.1) is 80.5 Å². The number of carbonyl (C=O) groups excluding carboxylic acids is 3. The molecule has 0 radical (unpaired) electrons. The van der Waals surface area contributed by atoms with E-state index in [1.165, 1.54) is 63.9 Å². The van der Waals surface area contributed by atoms with Gasteiger partial charge in [-0.15, -0.1) is 23.2 Å². The summed E-state index contributed by atoms with van der Waals surface area (Å²) in [5, 5.41) is 19.2. The average Bonchev–Trinajstić information content (AvgIpc) is 4.01. The van der Waals surface area contributed by atoms with Crippen LogP contribution in [0.15, 0.2) is 83.9 Å². The van der Waals surface area contributed by atoms with E-state index in [0.717, 1.165) is 86.9 Å². The van der Waals surface area contributed by atoms with Gasteiger partial charge in [-0.1, -0.05) is 50.7 Å². The summed E-state index contributed by atoms with van der Waals surface area (Å²) in [6.07, 6.45) is 10.4. The van der Waals surface area contributed by atoms with Gasteiger partial charge in [0, 0.05) is 32.9 Å². The molecule has 0 atom stereocenters. The Bertz CT molecular complexity index is 3370. The smallest absolute Gasteiger partial charge is 0.490 e. The van der Waals surface area contributed by atoms with E-state index in [9.17, 15) is 37.5 Å². The van der Waals surface area contributed by atoms with Crippen molar-refractivity contribution in [1.29, 1.82) is 0 Å². The highest BCUT2D eigenvalue weighted by Gasteiger charge is 2.38. The standard InChI is InChI=1S/C31H35NO5.C27H27NO5.C2HF3O2.CH2Cl2/c1-31(2,3)37-30(34)20-11-13-25-26(17-20)32-18-22(29(33)36-5)15-21-16-23(35-4)12-14-24(21)28(32)27(25)19-9-7-6-8-10-19;1-32-20-9-11-21-18(13-20)12-19(27(31)33-2)15-28-23-14-17(26(29)30)8-10-22(23)24(25(21)28)16-6-4-3-5-7-16;3-2(4,5)1(6)7;2-1-3/h11-17,19H,6-10,18H2,1-5H3;8-14,16H,3-7,15H2,1-2H3,(H,29,30);(H,6,7);1H2. The molecule has 0 saturated heterocycles. The molecule has 19 heteroatoms. The predicted molar refractivity (Wildman–Crippen MR) is 302 cm³/mol. The zero-order valence-electron chi connectivity index (χ0n) is 45.7. The van der Waals surface area contributed by atoms with Gasteiger partial charge in [-0.3, -0.25) is 0 Å². The van der Waals surface area contributed by atoms with Crippen molar-refractivity contribution in [1.82, 2.24) is 9.13 Å². The van der Waals surface area contributed by atoms with Gasteiger partial charge in [-0.05, 0) is 153 Å². The normalized spacial score (nSPS) is 15.1. The number of aliphatic carboxylic acids is 1. The summed E-state index contributed by atoms with van der Waals surface area (Å²) >= 11 is 9.53. The SMILES string of the molecule is COC(=O)C1=Cc2cc(OC)ccc2-c2c(C3CCCCC3)c3ccc(C(=O)O)cc3n2C1.COC(=O)C1=Cc2cc(OC)ccc2-c2c(C3CCCCC3)c3ccc(C(=O)OC(C)(C)C)cc3n2C1.ClCCl.O=C(O)C(F)(F)F. The Hall–Kier alpha value is -7.24. The molecule has 4 aliphatic rings. The monoisotopic (exact) mass is 1140 g/mol. The van der Waals surface area contributed by atoms with E-state index < -0.39 is 29.7 Å². The number of hydrogen-bond donors (Lipinski definition) is 2. The Balaban J connectivity index is 0.000000199. The first-order valence-corrected chi connectivity index (χ1v) is 27.3. The highest BCUT2D eigenvalue weighted by Crippen LogP contribution is 2.49. The van der Waals surface area contributed by atoms with Gasteiger partial charge in [0.15, 0.2) is 0 Å². The van der Waals surface area contributed by atoms with E-state index in [1.54, 1.807) is 26.4 Å². The third kappa shape index (κ3) is 13.5. The van der Waals surface area contributed by atoms with Gasteiger partial charge < -0.3 is 43.0 Å². The second kappa shape index (κ2) is 25.9. The number of benzene rings is 4. The number of esters is 3. The van der Waals surface area contributed by atoms with Crippen molar-refractivity contribution in [3.8, 4) is 34.0 Å². The van der Waals surface area contributed by atoms with Crippen LogP contribution in [0.5, 0.6) is 11.5 Å². The van der Waals surface area contributed by atoms with E-state index in [-0.39, 0.29) is 22.8 Å². The first kappa shape index (κ1) is 60.4. The fourth-order valence-corrected chi connectivity index (χ4v) is 11.2. The maximum Gasteiger partial charge on any atom is 0.490 e. The zero-order chi connectivity index (χ0) is 58.2. The highest BCUT2D eigenvalue weighted by atomic mass is 35.5. The van der Waals surface area contributed by atoms with Crippen LogP contribution in [0, 0.1) is 0 Å². The lowest BCUT2D eigenvalue weighted by atomic mass is 9.81. The number of carboxylic acids is 2. The Kier molecular flexibility index (Phi) is 19.6. The van der Waals surface area contributed by atoms with Crippen LogP contribution in [0.25, 0.3) is 56.5 Å². The maximum atomic E-state index is 13.0. The summed E-state index contributed by atoms with van der Waals surface area (Å²) in [5.74, 6) is -2.59. The van der Waals surface area contributed by atoms with Gasteiger partial charge in [-0.25, -0.2) is 24.0 Å². The molecule has 0 amide bonds.